The molecule has 3 heteroatoms. The summed E-state index contributed by atoms with van der Waals surface area (Å²) in [5.74, 6) is 0.120. The maximum absolute atomic E-state index is 10.3. The van der Waals surface area contributed by atoms with E-state index in [2.05, 4.69) is 22.6 Å². The second-order valence-electron chi connectivity index (χ2n) is 1.34. The third-order valence-corrected chi connectivity index (χ3v) is 1.74. The van der Waals surface area contributed by atoms with Crippen molar-refractivity contribution in [1.82, 2.24) is 4.90 Å². The molecule has 0 aliphatic rings. The minimum absolute atomic E-state index is 0.120. The highest BCUT2D eigenvalue weighted by Crippen LogP contribution is 1.87. The van der Waals surface area contributed by atoms with E-state index >= 15 is 0 Å². The Hall–Kier alpha value is 0.200. The first-order valence-electron chi connectivity index (χ1n) is 1.96. The van der Waals surface area contributed by atoms with Crippen LogP contribution in [-0.2, 0) is 4.79 Å². The van der Waals surface area contributed by atoms with Crippen LogP contribution in [0.15, 0.2) is 0 Å². The van der Waals surface area contributed by atoms with Crippen molar-refractivity contribution in [3.63, 3.8) is 0 Å². The molecule has 0 N–H and O–H groups in total. The Morgan fingerprint density at radius 2 is 2.29 bits per heavy atom. The van der Waals surface area contributed by atoms with Crippen molar-refractivity contribution in [3.05, 3.63) is 0 Å². The third kappa shape index (κ3) is 2.85. The largest absolute Gasteiger partial charge is 0.337 e. The number of carbonyl (C=O) groups excluding carboxylic acids is 1. The molecular formula is C4H8INO. The Morgan fingerprint density at radius 3 is 2.29 bits per heavy atom. The Balaban J connectivity index is 3.34. The number of amides is 1. The maximum atomic E-state index is 10.3. The molecule has 0 saturated carbocycles. The number of halogens is 1. The summed E-state index contributed by atoms with van der Waals surface area (Å²) in [6, 6.07) is 0. The summed E-state index contributed by atoms with van der Waals surface area (Å²) in [7, 11) is 1.77. The lowest BCUT2D eigenvalue weighted by molar-refractivity contribution is -0.126. The van der Waals surface area contributed by atoms with Gasteiger partial charge in [0.25, 0.3) is 0 Å². The zero-order valence-corrected chi connectivity index (χ0v) is 6.60. The molecule has 0 rings (SSSR count). The minimum Gasteiger partial charge on any atom is -0.337 e. The van der Waals surface area contributed by atoms with Gasteiger partial charge in [0.2, 0.25) is 5.91 Å². The Morgan fingerprint density at radius 1 is 1.86 bits per heavy atom. The van der Waals surface area contributed by atoms with E-state index in [-0.39, 0.29) is 5.91 Å². The molecule has 0 aromatic rings. The lowest BCUT2D eigenvalue weighted by Gasteiger charge is -2.07. The van der Waals surface area contributed by atoms with Crippen molar-refractivity contribution in [2.45, 2.75) is 6.92 Å². The molecule has 0 radical (unpaired) electrons. The molecule has 0 bridgehead atoms. The molecule has 0 aromatic carbocycles. The lowest BCUT2D eigenvalue weighted by Crippen LogP contribution is -2.21. The summed E-state index contributed by atoms with van der Waals surface area (Å²) in [5.41, 5.74) is 0. The Kier molecular flexibility index (Phi) is 3.33. The predicted molar refractivity (Wildman–Crippen MR) is 37.3 cm³/mol. The van der Waals surface area contributed by atoms with Gasteiger partial charge in [-0.05, 0) is 0 Å². The van der Waals surface area contributed by atoms with Gasteiger partial charge in [-0.1, -0.05) is 22.6 Å². The quantitative estimate of drug-likeness (QED) is 0.359. The van der Waals surface area contributed by atoms with Gasteiger partial charge in [-0.3, -0.25) is 4.79 Å². The first-order valence-corrected chi connectivity index (χ1v) is 3.48. The van der Waals surface area contributed by atoms with E-state index in [1.807, 2.05) is 0 Å². The molecule has 7 heavy (non-hydrogen) atoms. The van der Waals surface area contributed by atoms with Crippen molar-refractivity contribution < 1.29 is 4.79 Å². The first kappa shape index (κ1) is 7.20. The molecule has 0 aliphatic heterocycles. The summed E-state index contributed by atoms with van der Waals surface area (Å²) >= 11 is 2.13. The van der Waals surface area contributed by atoms with Crippen LogP contribution >= 0.6 is 22.6 Å². The highest BCUT2D eigenvalue weighted by atomic mass is 127. The molecule has 2 nitrogen and oxygen atoms in total. The maximum Gasteiger partial charge on any atom is 0.219 e. The van der Waals surface area contributed by atoms with E-state index in [9.17, 15) is 4.79 Å². The van der Waals surface area contributed by atoms with Gasteiger partial charge in [-0.25, -0.2) is 0 Å². The van der Waals surface area contributed by atoms with Crippen LogP contribution in [0, 0.1) is 0 Å². The summed E-state index contributed by atoms with van der Waals surface area (Å²) < 4.78 is 0.771. The van der Waals surface area contributed by atoms with Crippen LogP contribution in [-0.4, -0.2) is 22.4 Å². The summed E-state index contributed by atoms with van der Waals surface area (Å²) in [6.45, 7) is 1.55. The van der Waals surface area contributed by atoms with Crippen LogP contribution in [0.3, 0.4) is 0 Å². The van der Waals surface area contributed by atoms with E-state index in [1.54, 1.807) is 18.9 Å². The Bertz CT molecular complexity index is 74.1. The van der Waals surface area contributed by atoms with Gasteiger partial charge in [0.05, 0.1) is 4.55 Å². The second-order valence-corrected chi connectivity index (χ2v) is 2.02. The van der Waals surface area contributed by atoms with Crippen molar-refractivity contribution >= 4 is 28.5 Å². The van der Waals surface area contributed by atoms with Crippen molar-refractivity contribution in [3.8, 4) is 0 Å². The highest BCUT2D eigenvalue weighted by molar-refractivity contribution is 14.1. The normalized spacial score (nSPS) is 8.43. The molecule has 0 aliphatic carbocycles. The van der Waals surface area contributed by atoms with Gasteiger partial charge in [-0.15, -0.1) is 0 Å². The van der Waals surface area contributed by atoms with E-state index in [1.165, 1.54) is 0 Å². The van der Waals surface area contributed by atoms with Gasteiger partial charge in [0.15, 0.2) is 0 Å². The molecule has 0 atom stereocenters. The lowest BCUT2D eigenvalue weighted by atomic mass is 10.7. The van der Waals surface area contributed by atoms with E-state index in [0.717, 1.165) is 4.55 Å². The Labute approximate surface area is 57.0 Å². The third-order valence-electron chi connectivity index (χ3n) is 0.717. The second kappa shape index (κ2) is 3.23. The summed E-state index contributed by atoms with van der Waals surface area (Å²) in [4.78, 5) is 11.9. The molecule has 0 saturated heterocycles. The molecular weight excluding hydrogens is 205 g/mol. The fraction of sp³-hybridized carbons (Fsp3) is 0.750. The van der Waals surface area contributed by atoms with Crippen LogP contribution in [0.1, 0.15) is 6.92 Å². The van der Waals surface area contributed by atoms with Crippen molar-refractivity contribution in [2.24, 2.45) is 0 Å². The number of alkyl halides is 1. The topological polar surface area (TPSA) is 20.3 Å². The average Bonchev–Trinajstić information content (AvgIpc) is 1.65. The van der Waals surface area contributed by atoms with Gasteiger partial charge in [0.1, 0.15) is 0 Å². The predicted octanol–water partition coefficient (Wildman–Crippen LogP) is 0.857. The molecule has 0 fully saturated rings. The van der Waals surface area contributed by atoms with Crippen molar-refractivity contribution in [1.29, 1.82) is 0 Å². The number of hydrogen-bond acceptors (Lipinski definition) is 1. The van der Waals surface area contributed by atoms with Gasteiger partial charge < -0.3 is 4.90 Å². The van der Waals surface area contributed by atoms with Crippen molar-refractivity contribution in [2.75, 3.05) is 11.6 Å². The summed E-state index contributed by atoms with van der Waals surface area (Å²) in [5, 5.41) is 0. The van der Waals surface area contributed by atoms with E-state index in [0.29, 0.717) is 0 Å². The number of carbonyl (C=O) groups is 1. The number of rotatable bonds is 1. The molecule has 0 unspecified atom stereocenters. The number of nitrogens with zero attached hydrogens (tertiary/aromatic N) is 1. The zero-order chi connectivity index (χ0) is 5.86. The average molecular weight is 213 g/mol. The highest BCUT2D eigenvalue weighted by Gasteiger charge is 1.94. The van der Waals surface area contributed by atoms with Crippen LogP contribution in [0.2, 0.25) is 0 Å². The van der Waals surface area contributed by atoms with Gasteiger partial charge in [0, 0.05) is 14.0 Å². The van der Waals surface area contributed by atoms with Crippen LogP contribution < -0.4 is 0 Å². The van der Waals surface area contributed by atoms with Crippen LogP contribution in [0.25, 0.3) is 0 Å². The summed E-state index contributed by atoms with van der Waals surface area (Å²) in [6.07, 6.45) is 0. The SMILES string of the molecule is CC(=O)N(C)CI. The molecule has 0 heterocycles. The molecule has 0 aromatic heterocycles. The van der Waals surface area contributed by atoms with Crippen LogP contribution in [0.5, 0.6) is 0 Å². The molecule has 1 amide bonds. The van der Waals surface area contributed by atoms with E-state index in [4.69, 9.17) is 0 Å². The number of hydrogen-bond donors (Lipinski definition) is 0. The smallest absolute Gasteiger partial charge is 0.219 e. The van der Waals surface area contributed by atoms with Gasteiger partial charge >= 0.3 is 0 Å². The standard InChI is InChI=1S/C4H8INO/c1-4(7)6(2)3-5/h3H2,1-2H3. The monoisotopic (exact) mass is 213 g/mol. The van der Waals surface area contributed by atoms with Crippen LogP contribution in [0.4, 0.5) is 0 Å². The fourth-order valence-electron chi connectivity index (χ4n) is 0.0842. The minimum atomic E-state index is 0.120. The first-order chi connectivity index (χ1) is 3.18. The van der Waals surface area contributed by atoms with Gasteiger partial charge in [-0.2, -0.15) is 0 Å². The molecule has 0 spiro atoms. The van der Waals surface area contributed by atoms with E-state index < -0.39 is 0 Å². The molecule has 42 valence electrons. The zero-order valence-electron chi connectivity index (χ0n) is 4.44. The fourth-order valence-corrected chi connectivity index (χ4v) is 0.565.